The van der Waals surface area contributed by atoms with Gasteiger partial charge in [0.15, 0.2) is 0 Å². The Labute approximate surface area is 126 Å². The highest BCUT2D eigenvalue weighted by molar-refractivity contribution is 5.95. The Balaban J connectivity index is 1.99. The number of nitrogens with zero attached hydrogens (tertiary/aromatic N) is 1. The third kappa shape index (κ3) is 3.54. The molecule has 0 saturated carbocycles. The smallest absolute Gasteiger partial charge is 0.241 e. The van der Waals surface area contributed by atoms with Crippen molar-refractivity contribution in [2.45, 2.75) is 39.3 Å². The lowest BCUT2D eigenvalue weighted by Gasteiger charge is -2.24. The molecule has 0 spiro atoms. The largest absolute Gasteiger partial charge is 0.398 e. The number of aliphatic hydroxyl groups is 1. The van der Waals surface area contributed by atoms with Crippen molar-refractivity contribution in [2.75, 3.05) is 24.1 Å². The normalized spacial score (nSPS) is 22.0. The van der Waals surface area contributed by atoms with Crippen LogP contribution in [0.3, 0.4) is 0 Å². The van der Waals surface area contributed by atoms with E-state index in [-0.39, 0.29) is 24.0 Å². The number of likely N-dealkylation sites (tertiary alicyclic amines) is 1. The number of carbonyl (C=O) groups is 1. The third-order valence-electron chi connectivity index (χ3n) is 4.50. The summed E-state index contributed by atoms with van der Waals surface area (Å²) >= 11 is 0. The summed E-state index contributed by atoms with van der Waals surface area (Å²) in [4.78, 5) is 14.5. The maximum atomic E-state index is 12.4. The monoisotopic (exact) mass is 291 g/mol. The number of benzene rings is 1. The molecule has 1 aromatic rings. The zero-order valence-corrected chi connectivity index (χ0v) is 13.0. The summed E-state index contributed by atoms with van der Waals surface area (Å²) in [5, 5.41) is 12.6. The second-order valence-corrected chi connectivity index (χ2v) is 5.97. The minimum Gasteiger partial charge on any atom is -0.398 e. The number of nitrogens with two attached hydrogens (primary N) is 1. The van der Waals surface area contributed by atoms with Gasteiger partial charge < -0.3 is 16.2 Å². The minimum absolute atomic E-state index is 0.0325. The molecule has 5 nitrogen and oxygen atoms in total. The first-order valence-corrected chi connectivity index (χ1v) is 7.48. The Morgan fingerprint density at radius 1 is 1.48 bits per heavy atom. The Hall–Kier alpha value is -1.59. The van der Waals surface area contributed by atoms with Crippen molar-refractivity contribution in [1.29, 1.82) is 0 Å². The summed E-state index contributed by atoms with van der Waals surface area (Å²) in [5.74, 6) is 0.226. The van der Waals surface area contributed by atoms with Crippen molar-refractivity contribution in [3.63, 3.8) is 0 Å². The Morgan fingerprint density at radius 2 is 2.19 bits per heavy atom. The number of rotatable bonds is 4. The van der Waals surface area contributed by atoms with Gasteiger partial charge in [0, 0.05) is 17.9 Å². The van der Waals surface area contributed by atoms with Crippen molar-refractivity contribution >= 4 is 17.3 Å². The van der Waals surface area contributed by atoms with Crippen LogP contribution in [-0.2, 0) is 4.79 Å². The highest BCUT2D eigenvalue weighted by Crippen LogP contribution is 2.24. The number of nitrogens with one attached hydrogen (secondary N) is 1. The summed E-state index contributed by atoms with van der Waals surface area (Å²) < 4.78 is 0. The van der Waals surface area contributed by atoms with Gasteiger partial charge in [0.25, 0.3) is 0 Å². The fourth-order valence-electron chi connectivity index (χ4n) is 2.75. The Morgan fingerprint density at radius 3 is 2.81 bits per heavy atom. The van der Waals surface area contributed by atoms with Crippen LogP contribution in [0.15, 0.2) is 18.2 Å². The quantitative estimate of drug-likeness (QED) is 0.736. The molecule has 1 heterocycles. The Kier molecular flexibility index (Phi) is 4.85. The zero-order chi connectivity index (χ0) is 15.6. The van der Waals surface area contributed by atoms with E-state index in [1.165, 1.54) is 0 Å². The molecule has 3 unspecified atom stereocenters. The lowest BCUT2D eigenvalue weighted by molar-refractivity contribution is -0.120. The number of amides is 1. The van der Waals surface area contributed by atoms with E-state index in [1.807, 2.05) is 39.0 Å². The number of carbonyl (C=O) groups excluding carboxylic acids is 1. The zero-order valence-electron chi connectivity index (χ0n) is 13.0. The van der Waals surface area contributed by atoms with E-state index in [2.05, 4.69) is 10.2 Å². The number of anilines is 2. The molecule has 0 bridgehead atoms. The van der Waals surface area contributed by atoms with E-state index >= 15 is 0 Å². The van der Waals surface area contributed by atoms with Crippen LogP contribution in [0, 0.1) is 12.8 Å². The van der Waals surface area contributed by atoms with Gasteiger partial charge in [0.05, 0.1) is 12.1 Å². The highest BCUT2D eigenvalue weighted by Gasteiger charge is 2.31. The molecule has 5 heteroatoms. The molecule has 116 valence electrons. The van der Waals surface area contributed by atoms with E-state index < -0.39 is 0 Å². The lowest BCUT2D eigenvalue weighted by atomic mass is 10.0. The molecule has 4 N–H and O–H groups in total. The fraction of sp³-hybridized carbons (Fsp3) is 0.562. The molecule has 0 radical (unpaired) electrons. The molecule has 3 atom stereocenters. The van der Waals surface area contributed by atoms with Crippen molar-refractivity contribution < 1.29 is 9.90 Å². The van der Waals surface area contributed by atoms with Gasteiger partial charge in [-0.3, -0.25) is 9.69 Å². The molecule has 1 aliphatic rings. The van der Waals surface area contributed by atoms with Crippen LogP contribution in [0.2, 0.25) is 0 Å². The summed E-state index contributed by atoms with van der Waals surface area (Å²) in [7, 11) is 0. The standard InChI is InChI=1S/C16H25N3O2/c1-10-14(17)5-4-6-15(10)18-16(21)11(2)19-8-7-13(9-19)12(3)20/h4-6,11-13,20H,7-9,17H2,1-3H3,(H,18,21). The van der Waals surface area contributed by atoms with Crippen LogP contribution in [0.25, 0.3) is 0 Å². The van der Waals surface area contributed by atoms with Crippen LogP contribution in [0.4, 0.5) is 11.4 Å². The number of aliphatic hydroxyl groups excluding tert-OH is 1. The lowest BCUT2D eigenvalue weighted by Crippen LogP contribution is -2.41. The second kappa shape index (κ2) is 6.45. The second-order valence-electron chi connectivity index (χ2n) is 5.97. The van der Waals surface area contributed by atoms with Crippen molar-refractivity contribution in [3.05, 3.63) is 23.8 Å². The van der Waals surface area contributed by atoms with E-state index in [1.54, 1.807) is 0 Å². The molecular weight excluding hydrogens is 266 g/mol. The summed E-state index contributed by atoms with van der Waals surface area (Å²) in [6, 6.07) is 5.30. The number of hydrogen-bond donors (Lipinski definition) is 3. The molecule has 1 saturated heterocycles. The molecule has 1 aromatic carbocycles. The van der Waals surface area contributed by atoms with Crippen LogP contribution < -0.4 is 11.1 Å². The van der Waals surface area contributed by atoms with Gasteiger partial charge in [0.2, 0.25) is 5.91 Å². The van der Waals surface area contributed by atoms with Crippen LogP contribution in [0.1, 0.15) is 25.8 Å². The average molecular weight is 291 g/mol. The summed E-state index contributed by atoms with van der Waals surface area (Å²) in [6.45, 7) is 7.23. The van der Waals surface area contributed by atoms with Crippen LogP contribution in [-0.4, -0.2) is 41.1 Å². The first-order valence-electron chi connectivity index (χ1n) is 7.48. The van der Waals surface area contributed by atoms with E-state index in [0.29, 0.717) is 5.69 Å². The maximum Gasteiger partial charge on any atom is 0.241 e. The molecule has 1 aliphatic heterocycles. The molecule has 0 aliphatic carbocycles. The predicted octanol–water partition coefficient (Wildman–Crippen LogP) is 1.61. The van der Waals surface area contributed by atoms with Gasteiger partial charge in [0.1, 0.15) is 0 Å². The topological polar surface area (TPSA) is 78.6 Å². The van der Waals surface area contributed by atoms with Gasteiger partial charge in [-0.15, -0.1) is 0 Å². The number of hydrogen-bond acceptors (Lipinski definition) is 4. The molecule has 21 heavy (non-hydrogen) atoms. The van der Waals surface area contributed by atoms with Crippen molar-refractivity contribution in [3.8, 4) is 0 Å². The third-order valence-corrected chi connectivity index (χ3v) is 4.50. The average Bonchev–Trinajstić information content (AvgIpc) is 2.93. The fourth-order valence-corrected chi connectivity index (χ4v) is 2.75. The predicted molar refractivity (Wildman–Crippen MR) is 85.0 cm³/mol. The molecular formula is C16H25N3O2. The molecule has 1 fully saturated rings. The van der Waals surface area contributed by atoms with Gasteiger partial charge in [-0.05, 0) is 57.4 Å². The maximum absolute atomic E-state index is 12.4. The van der Waals surface area contributed by atoms with Gasteiger partial charge >= 0.3 is 0 Å². The van der Waals surface area contributed by atoms with Gasteiger partial charge in [-0.2, -0.15) is 0 Å². The molecule has 0 aromatic heterocycles. The van der Waals surface area contributed by atoms with Gasteiger partial charge in [-0.1, -0.05) is 6.07 Å². The van der Waals surface area contributed by atoms with E-state index in [9.17, 15) is 9.90 Å². The first kappa shape index (κ1) is 15.8. The van der Waals surface area contributed by atoms with Gasteiger partial charge in [-0.25, -0.2) is 0 Å². The Bertz CT molecular complexity index is 516. The van der Waals surface area contributed by atoms with Crippen molar-refractivity contribution in [1.82, 2.24) is 4.90 Å². The van der Waals surface area contributed by atoms with E-state index in [4.69, 9.17) is 5.73 Å². The summed E-state index contributed by atoms with van der Waals surface area (Å²) in [6.07, 6.45) is 0.619. The first-order chi connectivity index (χ1) is 9.90. The molecule has 1 amide bonds. The highest BCUT2D eigenvalue weighted by atomic mass is 16.3. The van der Waals surface area contributed by atoms with Crippen LogP contribution >= 0.6 is 0 Å². The number of nitrogen functional groups attached to an aromatic ring is 1. The summed E-state index contributed by atoms with van der Waals surface area (Å²) in [5.41, 5.74) is 8.19. The van der Waals surface area contributed by atoms with Crippen molar-refractivity contribution in [2.24, 2.45) is 5.92 Å². The molecule has 2 rings (SSSR count). The SMILES string of the molecule is Cc1c(N)cccc1NC(=O)C(C)N1CCC(C(C)O)C1. The van der Waals surface area contributed by atoms with E-state index in [0.717, 1.165) is 30.8 Å². The van der Waals surface area contributed by atoms with Crippen LogP contribution in [0.5, 0.6) is 0 Å². The minimum atomic E-state index is -0.318.